The van der Waals surface area contributed by atoms with Crippen LogP contribution < -0.4 is 15.4 Å². The van der Waals surface area contributed by atoms with E-state index in [0.717, 1.165) is 29.4 Å². The summed E-state index contributed by atoms with van der Waals surface area (Å²) in [4.78, 5) is 24.6. The van der Waals surface area contributed by atoms with Crippen LogP contribution in [0.15, 0.2) is 58.7 Å². The SMILES string of the molecule is O=c1[nH]c(N2CCN(c3ccccc3Cl)CC2)nc2c(-c3cccc(F)c3)csc12. The van der Waals surface area contributed by atoms with Gasteiger partial charge in [-0.25, -0.2) is 9.37 Å². The van der Waals surface area contributed by atoms with E-state index in [1.54, 1.807) is 6.07 Å². The van der Waals surface area contributed by atoms with Gasteiger partial charge in [0.25, 0.3) is 5.56 Å². The van der Waals surface area contributed by atoms with Gasteiger partial charge in [-0.1, -0.05) is 35.9 Å². The predicted octanol–water partition coefficient (Wildman–Crippen LogP) is 4.77. The second-order valence-electron chi connectivity index (χ2n) is 7.15. The number of aromatic amines is 1. The minimum absolute atomic E-state index is 0.170. The number of para-hydroxylation sites is 1. The maximum Gasteiger partial charge on any atom is 0.270 e. The summed E-state index contributed by atoms with van der Waals surface area (Å²) in [5.41, 5.74) is 2.95. The molecule has 0 aliphatic carbocycles. The highest BCUT2D eigenvalue weighted by Gasteiger charge is 2.22. The fourth-order valence-corrected chi connectivity index (χ4v) is 4.96. The van der Waals surface area contributed by atoms with Crippen molar-refractivity contribution >= 4 is 44.8 Å². The number of anilines is 2. The number of fused-ring (bicyclic) bond motifs is 1. The van der Waals surface area contributed by atoms with Gasteiger partial charge in [0.1, 0.15) is 10.5 Å². The highest BCUT2D eigenvalue weighted by molar-refractivity contribution is 7.17. The van der Waals surface area contributed by atoms with Gasteiger partial charge in [-0.05, 0) is 29.8 Å². The molecule has 4 aromatic rings. The van der Waals surface area contributed by atoms with Gasteiger partial charge in [-0.3, -0.25) is 9.78 Å². The largest absolute Gasteiger partial charge is 0.367 e. The zero-order chi connectivity index (χ0) is 20.7. The molecule has 0 saturated carbocycles. The van der Waals surface area contributed by atoms with Crippen molar-refractivity contribution in [3.05, 3.63) is 75.1 Å². The number of nitrogens with one attached hydrogen (secondary N) is 1. The summed E-state index contributed by atoms with van der Waals surface area (Å²) in [6, 6.07) is 14.2. The van der Waals surface area contributed by atoms with Crippen LogP contribution >= 0.6 is 22.9 Å². The lowest BCUT2D eigenvalue weighted by molar-refractivity contribution is 0.628. The molecule has 5 nitrogen and oxygen atoms in total. The van der Waals surface area contributed by atoms with Crippen molar-refractivity contribution in [2.45, 2.75) is 0 Å². The summed E-state index contributed by atoms with van der Waals surface area (Å²) in [6.07, 6.45) is 0. The number of benzene rings is 2. The molecule has 1 fully saturated rings. The van der Waals surface area contributed by atoms with Crippen LogP contribution in [0.1, 0.15) is 0 Å². The first-order chi connectivity index (χ1) is 14.6. The van der Waals surface area contributed by atoms with E-state index in [2.05, 4.69) is 14.8 Å². The van der Waals surface area contributed by atoms with E-state index in [1.165, 1.54) is 23.5 Å². The maximum absolute atomic E-state index is 13.7. The third-order valence-corrected chi connectivity index (χ3v) is 6.61. The molecule has 2 aromatic heterocycles. The van der Waals surface area contributed by atoms with Crippen LogP contribution in [-0.4, -0.2) is 36.1 Å². The summed E-state index contributed by atoms with van der Waals surface area (Å²) in [7, 11) is 0. The minimum Gasteiger partial charge on any atom is -0.367 e. The second-order valence-corrected chi connectivity index (χ2v) is 8.44. The molecule has 0 atom stereocenters. The number of nitrogens with zero attached hydrogens (tertiary/aromatic N) is 3. The Hall–Kier alpha value is -2.90. The first-order valence-electron chi connectivity index (χ1n) is 9.62. The third-order valence-electron chi connectivity index (χ3n) is 5.32. The number of piperazine rings is 1. The van der Waals surface area contributed by atoms with Crippen LogP contribution in [0.5, 0.6) is 0 Å². The van der Waals surface area contributed by atoms with Crippen molar-refractivity contribution < 1.29 is 4.39 Å². The van der Waals surface area contributed by atoms with Crippen LogP contribution in [0.25, 0.3) is 21.3 Å². The van der Waals surface area contributed by atoms with Gasteiger partial charge in [0.15, 0.2) is 0 Å². The Bertz CT molecular complexity index is 1280. The lowest BCUT2D eigenvalue weighted by atomic mass is 10.1. The maximum atomic E-state index is 13.7. The number of halogens is 2. The molecule has 8 heteroatoms. The summed E-state index contributed by atoms with van der Waals surface area (Å²) >= 11 is 7.66. The molecule has 5 rings (SSSR count). The first kappa shape index (κ1) is 19.1. The summed E-state index contributed by atoms with van der Waals surface area (Å²) < 4.78 is 14.3. The Morgan fingerprint density at radius 1 is 1.03 bits per heavy atom. The van der Waals surface area contributed by atoms with Crippen LogP contribution in [-0.2, 0) is 0 Å². The van der Waals surface area contributed by atoms with E-state index in [9.17, 15) is 9.18 Å². The Balaban J connectivity index is 1.45. The zero-order valence-electron chi connectivity index (χ0n) is 15.9. The minimum atomic E-state index is -0.312. The molecule has 1 aliphatic heterocycles. The third kappa shape index (κ3) is 3.44. The van der Waals surface area contributed by atoms with Crippen molar-refractivity contribution in [1.82, 2.24) is 9.97 Å². The van der Waals surface area contributed by atoms with Gasteiger partial charge in [0.05, 0.1) is 16.2 Å². The van der Waals surface area contributed by atoms with Crippen LogP contribution in [0.4, 0.5) is 16.0 Å². The highest BCUT2D eigenvalue weighted by Crippen LogP contribution is 2.32. The van der Waals surface area contributed by atoms with Crippen molar-refractivity contribution in [1.29, 1.82) is 0 Å². The topological polar surface area (TPSA) is 52.2 Å². The highest BCUT2D eigenvalue weighted by atomic mass is 35.5. The molecule has 0 bridgehead atoms. The standard InChI is InChI=1S/C22H18ClFN4OS/c23-17-6-1-2-7-18(17)27-8-10-28(11-9-27)22-25-19-16(13-30-20(19)21(29)26-22)14-4-3-5-15(24)12-14/h1-7,12-13H,8-11H2,(H,25,26,29). The number of thiophene rings is 1. The van der Waals surface area contributed by atoms with E-state index in [-0.39, 0.29) is 11.4 Å². The Morgan fingerprint density at radius 3 is 2.57 bits per heavy atom. The van der Waals surface area contributed by atoms with Crippen LogP contribution in [0, 0.1) is 5.82 Å². The normalized spacial score (nSPS) is 14.5. The monoisotopic (exact) mass is 440 g/mol. The molecule has 2 aromatic carbocycles. The summed E-state index contributed by atoms with van der Waals surface area (Å²) in [6.45, 7) is 2.95. The van der Waals surface area contributed by atoms with Crippen molar-refractivity contribution in [2.24, 2.45) is 0 Å². The molecule has 0 amide bonds. The van der Waals surface area contributed by atoms with Crippen LogP contribution in [0.2, 0.25) is 5.02 Å². The zero-order valence-corrected chi connectivity index (χ0v) is 17.5. The van der Waals surface area contributed by atoms with E-state index in [4.69, 9.17) is 16.6 Å². The Kier molecular flexibility index (Phi) is 4.92. The lowest BCUT2D eigenvalue weighted by Gasteiger charge is -2.36. The van der Waals surface area contributed by atoms with E-state index in [0.29, 0.717) is 34.8 Å². The Morgan fingerprint density at radius 2 is 1.80 bits per heavy atom. The molecule has 0 radical (unpaired) electrons. The molecule has 0 spiro atoms. The molecular formula is C22H18ClFN4OS. The first-order valence-corrected chi connectivity index (χ1v) is 10.9. The number of aromatic nitrogens is 2. The average molecular weight is 441 g/mol. The van der Waals surface area contributed by atoms with Gasteiger partial charge in [-0.15, -0.1) is 11.3 Å². The summed E-state index contributed by atoms with van der Waals surface area (Å²) in [5.74, 6) is 0.231. The Labute approximate surface area is 181 Å². The number of hydrogen-bond acceptors (Lipinski definition) is 5. The van der Waals surface area contributed by atoms with E-state index < -0.39 is 0 Å². The molecule has 152 valence electrons. The molecule has 0 unspecified atom stereocenters. The number of hydrogen-bond donors (Lipinski definition) is 1. The smallest absolute Gasteiger partial charge is 0.270 e. The molecule has 3 heterocycles. The molecule has 1 N–H and O–H groups in total. The average Bonchev–Trinajstić information content (AvgIpc) is 3.19. The van der Waals surface area contributed by atoms with Gasteiger partial charge in [-0.2, -0.15) is 0 Å². The van der Waals surface area contributed by atoms with Crippen molar-refractivity contribution in [3.63, 3.8) is 0 Å². The molecule has 1 saturated heterocycles. The summed E-state index contributed by atoms with van der Waals surface area (Å²) in [5, 5.41) is 2.60. The molecule has 1 aliphatic rings. The lowest BCUT2D eigenvalue weighted by Crippen LogP contribution is -2.47. The second kappa shape index (κ2) is 7.74. The fraction of sp³-hybridized carbons (Fsp3) is 0.182. The predicted molar refractivity (Wildman–Crippen MR) is 122 cm³/mol. The van der Waals surface area contributed by atoms with Crippen molar-refractivity contribution in [3.8, 4) is 11.1 Å². The molecular weight excluding hydrogens is 423 g/mol. The quantitative estimate of drug-likeness (QED) is 0.498. The number of H-pyrrole nitrogens is 1. The molecule has 30 heavy (non-hydrogen) atoms. The van der Waals surface area contributed by atoms with Crippen LogP contribution in [0.3, 0.4) is 0 Å². The fourth-order valence-electron chi connectivity index (χ4n) is 3.79. The van der Waals surface area contributed by atoms with Gasteiger partial charge < -0.3 is 9.80 Å². The number of rotatable bonds is 3. The van der Waals surface area contributed by atoms with Gasteiger partial charge in [0.2, 0.25) is 5.95 Å². The van der Waals surface area contributed by atoms with Gasteiger partial charge in [0, 0.05) is 37.1 Å². The van der Waals surface area contributed by atoms with Crippen molar-refractivity contribution in [2.75, 3.05) is 36.0 Å². The van der Waals surface area contributed by atoms with E-state index in [1.807, 2.05) is 35.7 Å². The van der Waals surface area contributed by atoms with Gasteiger partial charge >= 0.3 is 0 Å². The van der Waals surface area contributed by atoms with E-state index >= 15 is 0 Å².